The summed E-state index contributed by atoms with van der Waals surface area (Å²) in [5.74, 6) is 0.722. The van der Waals surface area contributed by atoms with Gasteiger partial charge in [-0.15, -0.1) is 0 Å². The summed E-state index contributed by atoms with van der Waals surface area (Å²) < 4.78 is 17.4. The first-order chi connectivity index (χ1) is 10.6. The Labute approximate surface area is 142 Å². The Kier molecular flexibility index (Phi) is 14.8. The first kappa shape index (κ1) is 22.1. The van der Waals surface area contributed by atoms with Gasteiger partial charge in [0.25, 0.3) is 0 Å². The van der Waals surface area contributed by atoms with E-state index in [2.05, 4.69) is 6.92 Å². The number of hydrogen-bond acceptors (Lipinski definition) is 5. The van der Waals surface area contributed by atoms with Crippen molar-refractivity contribution in [3.63, 3.8) is 0 Å². The molecule has 0 saturated carbocycles. The number of unbranched alkanes of at least 4 members (excludes halogenated alkanes) is 4. The van der Waals surface area contributed by atoms with Gasteiger partial charge in [-0.05, 0) is 27.2 Å². The molecule has 0 unspecified atom stereocenters. The Morgan fingerprint density at radius 3 is 1.91 bits per heavy atom. The van der Waals surface area contributed by atoms with Gasteiger partial charge in [0.05, 0.1) is 0 Å². The van der Waals surface area contributed by atoms with Gasteiger partial charge in [-0.3, -0.25) is 4.79 Å². The molecule has 0 heterocycles. The van der Waals surface area contributed by atoms with Crippen LogP contribution in [0.2, 0.25) is 6.04 Å². The van der Waals surface area contributed by atoms with E-state index >= 15 is 0 Å². The summed E-state index contributed by atoms with van der Waals surface area (Å²) in [5.41, 5.74) is 0. The largest absolute Gasteiger partial charge is 0.501 e. The van der Waals surface area contributed by atoms with Crippen molar-refractivity contribution in [3.8, 4) is 0 Å². The van der Waals surface area contributed by atoms with E-state index in [-0.39, 0.29) is 5.12 Å². The van der Waals surface area contributed by atoms with Crippen LogP contribution < -0.4 is 0 Å². The average Bonchev–Trinajstić information content (AvgIpc) is 2.48. The Bertz CT molecular complexity index is 260. The molecule has 0 aliphatic carbocycles. The molecule has 0 amide bonds. The molecule has 132 valence electrons. The molecule has 0 aromatic heterocycles. The monoisotopic (exact) mass is 350 g/mol. The van der Waals surface area contributed by atoms with Gasteiger partial charge in [0.1, 0.15) is 0 Å². The van der Waals surface area contributed by atoms with Crippen molar-refractivity contribution in [2.24, 2.45) is 0 Å². The van der Waals surface area contributed by atoms with Gasteiger partial charge in [-0.1, -0.05) is 44.4 Å². The zero-order chi connectivity index (χ0) is 16.7. The fraction of sp³-hybridized carbons (Fsp3) is 0.938. The van der Waals surface area contributed by atoms with Crippen LogP contribution in [-0.2, 0) is 18.1 Å². The summed E-state index contributed by atoms with van der Waals surface area (Å²) in [6, 6.07) is 0.703. The van der Waals surface area contributed by atoms with Crippen LogP contribution in [0.4, 0.5) is 0 Å². The van der Waals surface area contributed by atoms with Gasteiger partial charge in [-0.25, -0.2) is 0 Å². The molecule has 0 radical (unpaired) electrons. The molecule has 6 heteroatoms. The van der Waals surface area contributed by atoms with Crippen molar-refractivity contribution in [3.05, 3.63) is 0 Å². The number of carbonyl (C=O) groups is 1. The minimum absolute atomic E-state index is 0.281. The zero-order valence-electron chi connectivity index (χ0n) is 14.8. The molecular formula is C16H34O4SSi. The standard InChI is InChI=1S/C16H34O4SSi/c1-5-9-10-11-12-13-16(17)21-14-15-22(18-6-2,19-7-3)20-8-4/h5-15H2,1-4H3. The smallest absolute Gasteiger partial charge is 0.374 e. The molecule has 0 spiro atoms. The first-order valence-electron chi connectivity index (χ1n) is 8.71. The third kappa shape index (κ3) is 10.8. The number of hydrogen-bond donors (Lipinski definition) is 0. The highest BCUT2D eigenvalue weighted by Gasteiger charge is 2.39. The predicted octanol–water partition coefficient (Wildman–Crippen LogP) is 4.66. The lowest BCUT2D eigenvalue weighted by Crippen LogP contribution is -2.46. The van der Waals surface area contributed by atoms with Crippen molar-refractivity contribution >= 4 is 25.7 Å². The lowest BCUT2D eigenvalue weighted by atomic mass is 10.1. The van der Waals surface area contributed by atoms with Crippen LogP contribution in [0.25, 0.3) is 0 Å². The van der Waals surface area contributed by atoms with Crippen LogP contribution in [0, 0.1) is 0 Å². The number of rotatable bonds is 15. The number of carbonyl (C=O) groups excluding carboxylic acids is 1. The van der Waals surface area contributed by atoms with E-state index in [1.165, 1.54) is 31.0 Å². The molecule has 0 N–H and O–H groups in total. The Morgan fingerprint density at radius 2 is 1.41 bits per heavy atom. The minimum Gasteiger partial charge on any atom is -0.374 e. The second kappa shape index (κ2) is 14.7. The van der Waals surface area contributed by atoms with Gasteiger partial charge in [0.2, 0.25) is 0 Å². The second-order valence-electron chi connectivity index (χ2n) is 5.12. The maximum atomic E-state index is 11.9. The summed E-state index contributed by atoms with van der Waals surface area (Å²) in [5, 5.41) is 0.281. The van der Waals surface area contributed by atoms with E-state index in [0.717, 1.165) is 18.6 Å². The van der Waals surface area contributed by atoms with Crippen molar-refractivity contribution in [1.82, 2.24) is 0 Å². The first-order valence-corrected chi connectivity index (χ1v) is 11.6. The molecule has 0 saturated heterocycles. The molecule has 4 nitrogen and oxygen atoms in total. The Hall–Kier alpha value is 0.117. The normalized spacial score (nSPS) is 11.8. The van der Waals surface area contributed by atoms with Crippen molar-refractivity contribution in [2.45, 2.75) is 72.3 Å². The van der Waals surface area contributed by atoms with E-state index in [1.807, 2.05) is 20.8 Å². The summed E-state index contributed by atoms with van der Waals surface area (Å²) >= 11 is 1.40. The van der Waals surface area contributed by atoms with E-state index in [1.54, 1.807) is 0 Å². The fourth-order valence-electron chi connectivity index (χ4n) is 2.24. The molecule has 0 aromatic rings. The summed E-state index contributed by atoms with van der Waals surface area (Å²) in [4.78, 5) is 11.9. The molecule has 0 atom stereocenters. The lowest BCUT2D eigenvalue weighted by molar-refractivity contribution is -0.111. The van der Waals surface area contributed by atoms with Crippen molar-refractivity contribution in [1.29, 1.82) is 0 Å². The molecule has 0 bridgehead atoms. The van der Waals surface area contributed by atoms with E-state index in [4.69, 9.17) is 13.3 Å². The summed E-state index contributed by atoms with van der Waals surface area (Å²) in [7, 11) is -2.58. The Morgan fingerprint density at radius 1 is 0.864 bits per heavy atom. The van der Waals surface area contributed by atoms with Crippen molar-refractivity contribution < 1.29 is 18.1 Å². The van der Waals surface area contributed by atoms with Gasteiger partial charge in [0, 0.05) is 38.0 Å². The zero-order valence-corrected chi connectivity index (χ0v) is 16.6. The highest BCUT2D eigenvalue weighted by molar-refractivity contribution is 8.13. The minimum atomic E-state index is -2.58. The molecule has 0 aromatic carbocycles. The maximum absolute atomic E-state index is 11.9. The van der Waals surface area contributed by atoms with E-state index in [9.17, 15) is 4.79 Å². The van der Waals surface area contributed by atoms with E-state index < -0.39 is 8.80 Å². The molecule has 0 fully saturated rings. The highest BCUT2D eigenvalue weighted by atomic mass is 32.2. The second-order valence-corrected chi connectivity index (χ2v) is 9.00. The highest BCUT2D eigenvalue weighted by Crippen LogP contribution is 2.21. The topological polar surface area (TPSA) is 44.8 Å². The van der Waals surface area contributed by atoms with Crippen LogP contribution in [0.15, 0.2) is 0 Å². The van der Waals surface area contributed by atoms with Gasteiger partial charge in [-0.2, -0.15) is 0 Å². The lowest BCUT2D eigenvalue weighted by Gasteiger charge is -2.28. The Balaban J connectivity index is 4.01. The van der Waals surface area contributed by atoms with Gasteiger partial charge >= 0.3 is 8.80 Å². The maximum Gasteiger partial charge on any atom is 0.501 e. The van der Waals surface area contributed by atoms with Crippen LogP contribution in [0.1, 0.15) is 66.2 Å². The van der Waals surface area contributed by atoms with E-state index in [0.29, 0.717) is 32.3 Å². The molecule has 0 rings (SSSR count). The molecule has 22 heavy (non-hydrogen) atoms. The fourth-order valence-corrected chi connectivity index (χ4v) is 6.16. The van der Waals surface area contributed by atoms with Crippen molar-refractivity contribution in [2.75, 3.05) is 25.6 Å². The predicted molar refractivity (Wildman–Crippen MR) is 96.3 cm³/mol. The van der Waals surface area contributed by atoms with Crippen LogP contribution in [0.3, 0.4) is 0 Å². The van der Waals surface area contributed by atoms with Crippen LogP contribution in [0.5, 0.6) is 0 Å². The van der Waals surface area contributed by atoms with Gasteiger partial charge < -0.3 is 13.3 Å². The summed E-state index contributed by atoms with van der Waals surface area (Å²) in [6.07, 6.45) is 6.60. The van der Waals surface area contributed by atoms with Gasteiger partial charge in [0.15, 0.2) is 5.12 Å². The van der Waals surface area contributed by atoms with Crippen LogP contribution >= 0.6 is 11.8 Å². The number of thioether (sulfide) groups is 1. The average molecular weight is 351 g/mol. The quantitative estimate of drug-likeness (QED) is 0.317. The third-order valence-electron chi connectivity index (χ3n) is 3.25. The summed E-state index contributed by atoms with van der Waals surface area (Å²) in [6.45, 7) is 9.82. The van der Waals surface area contributed by atoms with Crippen LogP contribution in [-0.4, -0.2) is 39.5 Å². The SMILES string of the molecule is CCCCCCCC(=O)SCC[Si](OCC)(OCC)OCC. The molecular weight excluding hydrogens is 316 g/mol. The third-order valence-corrected chi connectivity index (χ3v) is 7.59. The molecule has 0 aliphatic rings. The molecule has 0 aliphatic heterocycles.